The number of methoxy groups -OCH3 is 2. The van der Waals surface area contributed by atoms with Crippen LogP contribution in [-0.4, -0.2) is 200 Å². The number of likely N-dealkylation sites (tertiary alicyclic amines) is 2. The number of piperidine rings is 1. The third-order valence-corrected chi connectivity index (χ3v) is 16.7. The molecule has 2 bridgehead atoms. The molecule has 21 heteroatoms. The van der Waals surface area contributed by atoms with E-state index in [1.165, 1.54) is 19.3 Å². The lowest BCUT2D eigenvalue weighted by Gasteiger charge is -2.41. The number of carbonyl (C=O) groups is 7. The molecule has 4 aliphatic rings. The highest BCUT2D eigenvalue weighted by atomic mass is 16.5. The number of aromatic nitrogens is 3. The monoisotopic (exact) mass is 1100 g/mol. The van der Waals surface area contributed by atoms with Gasteiger partial charge in [-0.2, -0.15) is 0 Å². The first-order chi connectivity index (χ1) is 37.9. The van der Waals surface area contributed by atoms with E-state index in [1.54, 1.807) is 41.8 Å². The highest BCUT2D eigenvalue weighted by Crippen LogP contribution is 2.41. The highest BCUT2D eigenvalue weighted by Gasteiger charge is 2.49. The molecule has 6 rings (SSSR count). The fourth-order valence-electron chi connectivity index (χ4n) is 12.0. The molecule has 1 aromatic carbocycles. The van der Waals surface area contributed by atoms with Crippen molar-refractivity contribution in [1.29, 1.82) is 0 Å². The number of benzene rings is 1. The number of ether oxygens (including phenoxy) is 5. The SMILES string of the molecule is CC[C@H](C)[C@@H]([C@@H](CC(=O)N1CCC[C@H]1[C@H](OC)[C@@H](C)C(=O)N[C@@H](Cc1ccccc1)C(=O)NCCOCCOCCOCCn1cc(CC2CC(=O)C=CC2=O)nn1)OC)N(C)C(=O)[C@@H](NC(=O)C1[C@H]2CC[C@H](C2)N1C)C(C)C. The van der Waals surface area contributed by atoms with E-state index in [-0.39, 0.29) is 91.4 Å². The molecule has 21 nitrogen and oxygen atoms in total. The molecule has 2 aromatic rings. The van der Waals surface area contributed by atoms with Crippen molar-refractivity contribution in [2.45, 2.75) is 154 Å². The van der Waals surface area contributed by atoms with Gasteiger partial charge in [-0.25, -0.2) is 4.68 Å². The minimum Gasteiger partial charge on any atom is -0.379 e. The fraction of sp³-hybridized carbons (Fsp3) is 0.707. The van der Waals surface area contributed by atoms with Crippen molar-refractivity contribution < 1.29 is 57.2 Å². The normalized spacial score (nSPS) is 22.8. The topological polar surface area (TPSA) is 242 Å². The van der Waals surface area contributed by atoms with E-state index in [0.29, 0.717) is 83.0 Å². The average Bonchev–Trinajstić information content (AvgIpc) is 4.31. The summed E-state index contributed by atoms with van der Waals surface area (Å²) in [6.45, 7) is 12.8. The number of ketones is 2. The molecule has 12 atom stereocenters. The van der Waals surface area contributed by atoms with Crippen molar-refractivity contribution in [2.75, 3.05) is 81.0 Å². The molecule has 1 saturated carbocycles. The van der Waals surface area contributed by atoms with Gasteiger partial charge in [0, 0.05) is 71.8 Å². The van der Waals surface area contributed by atoms with Crippen molar-refractivity contribution in [1.82, 2.24) is 45.6 Å². The molecule has 5 amide bonds. The average molecular weight is 1100 g/mol. The molecule has 438 valence electrons. The standard InChI is InChI=1S/C58H89N9O12/c1-10-38(4)52(65(7)58(74)51(37(2)3)61-57(73)53-41-18-19-44(33-41)64(53)6)49(75-8)35-50(70)67-23-14-17-47(67)54(76-9)39(5)55(71)60-46(31-40-15-12-11-13-16-40)56(72)59-22-25-77-27-29-79-30-28-78-26-24-66-36-43(62-63-66)32-42-34-45(68)20-21-48(42)69/h11-13,15-16,20-21,36-39,41-42,44,46-47,49,51-54H,10,14,17-19,22-35H2,1-9H3,(H,59,72)(H,60,71)(H,61,73)/t38-,39+,41-,42?,44+,46-,47-,49+,51-,52-,53?,54+/m0/s1. The Kier molecular flexibility index (Phi) is 24.6. The van der Waals surface area contributed by atoms with Gasteiger partial charge in [0.05, 0.1) is 94.6 Å². The van der Waals surface area contributed by atoms with Crippen LogP contribution in [0.4, 0.5) is 0 Å². The predicted octanol–water partition coefficient (Wildman–Crippen LogP) is 2.97. The number of nitrogens with one attached hydrogen (secondary N) is 3. The third kappa shape index (κ3) is 17.3. The molecule has 1 aromatic heterocycles. The second-order valence-corrected chi connectivity index (χ2v) is 22.3. The number of carbonyl (C=O) groups excluding carboxylic acids is 7. The summed E-state index contributed by atoms with van der Waals surface area (Å²) in [7, 11) is 6.85. The number of fused-ring (bicyclic) bond motifs is 2. The van der Waals surface area contributed by atoms with Crippen molar-refractivity contribution in [2.24, 2.45) is 29.6 Å². The number of likely N-dealkylation sites (N-methyl/N-ethyl adjacent to an activating group) is 2. The van der Waals surface area contributed by atoms with Gasteiger partial charge in [-0.05, 0) is 74.6 Å². The minimum atomic E-state index is -0.912. The maximum absolute atomic E-state index is 14.5. The second-order valence-electron chi connectivity index (χ2n) is 22.3. The van der Waals surface area contributed by atoms with E-state index in [9.17, 15) is 33.6 Å². The Bertz CT molecular complexity index is 2350. The first kappa shape index (κ1) is 62.7. The number of hydrogen-bond acceptors (Lipinski definition) is 15. The number of nitrogens with zero attached hydrogens (tertiary/aromatic N) is 6. The van der Waals surface area contributed by atoms with Crippen LogP contribution in [0.2, 0.25) is 0 Å². The second kappa shape index (κ2) is 30.9. The summed E-state index contributed by atoms with van der Waals surface area (Å²) in [5, 5.41) is 17.2. The van der Waals surface area contributed by atoms with Crippen molar-refractivity contribution in [3.05, 3.63) is 59.9 Å². The lowest BCUT2D eigenvalue weighted by molar-refractivity contribution is -0.148. The maximum Gasteiger partial charge on any atom is 0.245 e. The van der Waals surface area contributed by atoms with Crippen molar-refractivity contribution >= 4 is 41.1 Å². The molecule has 3 heterocycles. The quantitative estimate of drug-likeness (QED) is 0.0871. The summed E-state index contributed by atoms with van der Waals surface area (Å²) in [4.78, 5) is 100. The Labute approximate surface area is 466 Å². The summed E-state index contributed by atoms with van der Waals surface area (Å²) >= 11 is 0. The van der Waals surface area contributed by atoms with Gasteiger partial charge in [0.2, 0.25) is 29.5 Å². The van der Waals surface area contributed by atoms with Crippen LogP contribution in [0.25, 0.3) is 0 Å². The molecule has 79 heavy (non-hydrogen) atoms. The van der Waals surface area contributed by atoms with Gasteiger partial charge >= 0.3 is 0 Å². The molecule has 2 unspecified atom stereocenters. The van der Waals surface area contributed by atoms with Crippen LogP contribution in [0.15, 0.2) is 48.7 Å². The molecule has 3 N–H and O–H groups in total. The van der Waals surface area contributed by atoms with E-state index in [2.05, 4.69) is 31.2 Å². The predicted molar refractivity (Wildman–Crippen MR) is 294 cm³/mol. The lowest BCUT2D eigenvalue weighted by atomic mass is 9.89. The number of allylic oxidation sites excluding steroid dienone is 2. The van der Waals surface area contributed by atoms with Crippen LogP contribution in [0.1, 0.15) is 97.2 Å². The fourth-order valence-corrected chi connectivity index (χ4v) is 12.0. The van der Waals surface area contributed by atoms with Gasteiger partial charge in [0.25, 0.3) is 0 Å². The van der Waals surface area contributed by atoms with Crippen molar-refractivity contribution in [3.8, 4) is 0 Å². The van der Waals surface area contributed by atoms with Gasteiger partial charge < -0.3 is 49.4 Å². The van der Waals surface area contributed by atoms with Gasteiger partial charge in [-0.1, -0.05) is 76.6 Å². The molecule has 2 saturated heterocycles. The molecular formula is C58H89N9O12. The van der Waals surface area contributed by atoms with Crippen molar-refractivity contribution in [3.63, 3.8) is 0 Å². The number of hydrogen-bond donors (Lipinski definition) is 3. The van der Waals surface area contributed by atoms with Gasteiger partial charge in [-0.3, -0.25) is 38.5 Å². The maximum atomic E-state index is 14.5. The zero-order valence-electron chi connectivity index (χ0n) is 48.1. The van der Waals surface area contributed by atoms with Crippen LogP contribution < -0.4 is 16.0 Å². The highest BCUT2D eigenvalue weighted by molar-refractivity contribution is 6.06. The van der Waals surface area contributed by atoms with Gasteiger partial charge in [0.15, 0.2) is 11.6 Å². The van der Waals surface area contributed by atoms with E-state index >= 15 is 0 Å². The van der Waals surface area contributed by atoms with Crippen LogP contribution >= 0.6 is 0 Å². The summed E-state index contributed by atoms with van der Waals surface area (Å²) in [6, 6.07) is 7.01. The molecule has 2 aliphatic heterocycles. The molecule has 0 spiro atoms. The summed E-state index contributed by atoms with van der Waals surface area (Å²) in [5.41, 5.74) is 1.51. The Hall–Kier alpha value is -5.45. The third-order valence-electron chi connectivity index (χ3n) is 16.7. The van der Waals surface area contributed by atoms with Crippen LogP contribution in [0.3, 0.4) is 0 Å². The number of rotatable bonds is 33. The zero-order chi connectivity index (χ0) is 57.2. The van der Waals surface area contributed by atoms with Gasteiger partial charge in [0.1, 0.15) is 12.1 Å². The summed E-state index contributed by atoms with van der Waals surface area (Å²) < 4.78 is 30.8. The Morgan fingerprint density at radius 3 is 2.23 bits per heavy atom. The molecule has 2 aliphatic carbocycles. The first-order valence-electron chi connectivity index (χ1n) is 28.6. The Balaban J connectivity index is 0.949. The summed E-state index contributed by atoms with van der Waals surface area (Å²) in [6.07, 6.45) is 8.98. The lowest BCUT2D eigenvalue weighted by Crippen LogP contribution is -2.60. The van der Waals surface area contributed by atoms with E-state index in [1.807, 2.05) is 65.1 Å². The molecule has 0 radical (unpaired) electrons. The first-order valence-corrected chi connectivity index (χ1v) is 28.6. The van der Waals surface area contributed by atoms with Crippen LogP contribution in [0, 0.1) is 29.6 Å². The van der Waals surface area contributed by atoms with E-state index < -0.39 is 48.2 Å². The largest absolute Gasteiger partial charge is 0.379 e. The Morgan fingerprint density at radius 1 is 0.861 bits per heavy atom. The number of amides is 5. The Morgan fingerprint density at radius 2 is 1.57 bits per heavy atom. The zero-order valence-corrected chi connectivity index (χ0v) is 48.1. The van der Waals surface area contributed by atoms with Crippen LogP contribution in [0.5, 0.6) is 0 Å². The molecule has 3 fully saturated rings. The molecular weight excluding hydrogens is 1010 g/mol. The minimum absolute atomic E-state index is 0.0108. The van der Waals surface area contributed by atoms with E-state index in [0.717, 1.165) is 31.2 Å². The van der Waals surface area contributed by atoms with E-state index in [4.69, 9.17) is 23.7 Å². The van der Waals surface area contributed by atoms with Gasteiger partial charge in [-0.15, -0.1) is 5.10 Å². The summed E-state index contributed by atoms with van der Waals surface area (Å²) in [5.74, 6) is -2.50. The smallest absolute Gasteiger partial charge is 0.245 e. The van der Waals surface area contributed by atoms with Crippen LogP contribution in [-0.2, 0) is 76.6 Å².